The van der Waals surface area contributed by atoms with E-state index in [1.807, 2.05) is 0 Å². The Kier molecular flexibility index (Phi) is 11.2. The predicted octanol–water partition coefficient (Wildman–Crippen LogP) is 4.09. The number of rotatable bonds is 10. The molecule has 0 saturated carbocycles. The van der Waals surface area contributed by atoms with E-state index in [0.29, 0.717) is 0 Å². The van der Waals surface area contributed by atoms with E-state index in [-0.39, 0.29) is 0 Å². The van der Waals surface area contributed by atoms with Gasteiger partial charge in [0.05, 0.1) is 0 Å². The lowest BCUT2D eigenvalue weighted by Crippen LogP contribution is -2.28. The van der Waals surface area contributed by atoms with E-state index in [9.17, 15) is 0 Å². The average Bonchev–Trinajstić information content (AvgIpc) is 2.28. The third-order valence-corrected chi connectivity index (χ3v) is 10.1. The quantitative estimate of drug-likeness (QED) is 0.528. The second-order valence-corrected chi connectivity index (χ2v) is 10.8. The van der Waals surface area contributed by atoms with E-state index >= 15 is 0 Å². The lowest BCUT2D eigenvalue weighted by Gasteiger charge is -2.21. The van der Waals surface area contributed by atoms with Crippen molar-refractivity contribution in [3.8, 4) is 0 Å². The highest BCUT2D eigenvalue weighted by molar-refractivity contribution is 6.66. The van der Waals surface area contributed by atoms with Gasteiger partial charge in [-0.2, -0.15) is 0 Å². The summed E-state index contributed by atoms with van der Waals surface area (Å²) in [5.74, 6) is 0. The highest BCUT2D eigenvalue weighted by Crippen LogP contribution is 2.14. The summed E-state index contributed by atoms with van der Waals surface area (Å²) in [5, 5.41) is 0. The van der Waals surface area contributed by atoms with Crippen molar-refractivity contribution in [1.29, 1.82) is 0 Å². The maximum absolute atomic E-state index is 6.43. The molecule has 0 aromatic rings. The van der Waals surface area contributed by atoms with Gasteiger partial charge in [0.25, 0.3) is 0 Å². The van der Waals surface area contributed by atoms with E-state index in [2.05, 4.69) is 27.7 Å². The van der Waals surface area contributed by atoms with Gasteiger partial charge in [0.15, 0.2) is 18.1 Å². The molecule has 0 bridgehead atoms. The molecule has 92 valence electrons. The Labute approximate surface area is 100 Å². The molecule has 0 amide bonds. The Hall–Kier alpha value is 0.394. The second kappa shape index (κ2) is 10.9. The van der Waals surface area contributed by atoms with Gasteiger partial charge in [-0.15, -0.1) is 0 Å². The van der Waals surface area contributed by atoms with Crippen molar-refractivity contribution in [1.82, 2.24) is 0 Å². The summed E-state index contributed by atoms with van der Waals surface area (Å²) in [7, 11) is -1.57. The minimum absolute atomic E-state index is 0.774. The normalized spacial score (nSPS) is 11.6. The van der Waals surface area contributed by atoms with Gasteiger partial charge >= 0.3 is 0 Å². The van der Waals surface area contributed by atoms with Gasteiger partial charge in [-0.05, 0) is 24.2 Å². The predicted molar refractivity (Wildman–Crippen MR) is 75.8 cm³/mol. The summed E-state index contributed by atoms with van der Waals surface area (Å²) in [6.45, 7) is 9.21. The van der Waals surface area contributed by atoms with Crippen LogP contribution >= 0.6 is 0 Å². The summed E-state index contributed by atoms with van der Waals surface area (Å²) < 4.78 is 6.43. The molecule has 0 aliphatic carbocycles. The first kappa shape index (κ1) is 15.4. The monoisotopic (exact) mass is 246 g/mol. The fourth-order valence-electron chi connectivity index (χ4n) is 1.90. The number of unbranched alkanes of at least 4 members (excludes halogenated alkanes) is 2. The van der Waals surface area contributed by atoms with E-state index < -0.39 is 18.1 Å². The molecule has 0 radical (unpaired) electrons. The Morgan fingerprint density at radius 3 is 1.53 bits per heavy atom. The summed E-state index contributed by atoms with van der Waals surface area (Å²) in [6.07, 6.45) is 5.47. The first-order chi connectivity index (χ1) is 7.28. The summed E-state index contributed by atoms with van der Waals surface area (Å²) in [4.78, 5) is 0. The first-order valence-corrected chi connectivity index (χ1v) is 11.1. The van der Waals surface area contributed by atoms with Gasteiger partial charge in [-0.25, -0.2) is 0 Å². The fourth-order valence-corrected chi connectivity index (χ4v) is 9.30. The smallest absolute Gasteiger partial charge is 0.162 e. The van der Waals surface area contributed by atoms with Crippen molar-refractivity contribution >= 4 is 18.1 Å². The Morgan fingerprint density at radius 2 is 1.20 bits per heavy atom. The van der Waals surface area contributed by atoms with E-state index in [1.54, 1.807) is 0 Å². The molecule has 15 heavy (non-hydrogen) atoms. The van der Waals surface area contributed by atoms with Crippen molar-refractivity contribution in [2.24, 2.45) is 0 Å². The molecule has 0 unspecified atom stereocenters. The molecule has 0 aliphatic heterocycles. The molecule has 1 nitrogen and oxygen atoms in total. The van der Waals surface area contributed by atoms with Gasteiger partial charge in [-0.1, -0.05) is 53.4 Å². The van der Waals surface area contributed by atoms with Gasteiger partial charge in [0, 0.05) is 0 Å². The standard InChI is InChI=1S/C12H30OSi2/c1-5-9-11-15(12-10-6-2)13-14(7-3)8-4/h14-15H,5-12H2,1-4H3. The minimum Gasteiger partial charge on any atom is -0.460 e. The largest absolute Gasteiger partial charge is 0.460 e. The molecule has 0 spiro atoms. The lowest BCUT2D eigenvalue weighted by molar-refractivity contribution is 0.562. The van der Waals surface area contributed by atoms with Gasteiger partial charge in [0.2, 0.25) is 0 Å². The van der Waals surface area contributed by atoms with Gasteiger partial charge in [-0.3, -0.25) is 0 Å². The number of hydrogen-bond acceptors (Lipinski definition) is 1. The molecule has 3 heteroatoms. The van der Waals surface area contributed by atoms with Crippen molar-refractivity contribution in [2.75, 3.05) is 0 Å². The summed E-state index contributed by atoms with van der Waals surface area (Å²) >= 11 is 0. The number of hydrogen-bond donors (Lipinski definition) is 0. The SMILES string of the molecule is CCCC[SiH](CCCC)O[SiH](CC)CC. The van der Waals surface area contributed by atoms with E-state index in [4.69, 9.17) is 4.12 Å². The van der Waals surface area contributed by atoms with Gasteiger partial charge in [0.1, 0.15) is 0 Å². The zero-order chi connectivity index (χ0) is 11.5. The Morgan fingerprint density at radius 1 is 0.733 bits per heavy atom. The molecule has 0 atom stereocenters. The highest BCUT2D eigenvalue weighted by Gasteiger charge is 2.15. The zero-order valence-corrected chi connectivity index (χ0v) is 13.5. The van der Waals surface area contributed by atoms with E-state index in [0.717, 1.165) is 0 Å². The third kappa shape index (κ3) is 8.23. The van der Waals surface area contributed by atoms with Crippen LogP contribution in [0.25, 0.3) is 0 Å². The van der Waals surface area contributed by atoms with Crippen molar-refractivity contribution in [3.63, 3.8) is 0 Å². The molecule has 0 N–H and O–H groups in total. The molecule has 0 aromatic heterocycles. The average molecular weight is 247 g/mol. The van der Waals surface area contributed by atoms with Crippen LogP contribution in [0.3, 0.4) is 0 Å². The molecule has 0 saturated heterocycles. The Bertz CT molecular complexity index is 119. The Balaban J connectivity index is 3.86. The van der Waals surface area contributed by atoms with Crippen molar-refractivity contribution < 1.29 is 4.12 Å². The molecule has 0 aliphatic rings. The van der Waals surface area contributed by atoms with Crippen LogP contribution in [0.15, 0.2) is 0 Å². The maximum atomic E-state index is 6.43. The molecule has 0 aromatic carbocycles. The fraction of sp³-hybridized carbons (Fsp3) is 1.00. The van der Waals surface area contributed by atoms with Crippen molar-refractivity contribution in [2.45, 2.75) is 77.6 Å². The summed E-state index contributed by atoms with van der Waals surface area (Å²) in [6, 6.07) is 5.52. The van der Waals surface area contributed by atoms with Crippen LogP contribution in [0, 0.1) is 0 Å². The van der Waals surface area contributed by atoms with Gasteiger partial charge < -0.3 is 4.12 Å². The van der Waals surface area contributed by atoms with Crippen LogP contribution in [-0.2, 0) is 4.12 Å². The minimum atomic E-state index is -0.800. The van der Waals surface area contributed by atoms with Crippen LogP contribution in [-0.4, -0.2) is 18.1 Å². The zero-order valence-electron chi connectivity index (χ0n) is 11.2. The first-order valence-electron chi connectivity index (χ1n) is 6.93. The maximum Gasteiger partial charge on any atom is 0.162 e. The highest BCUT2D eigenvalue weighted by atomic mass is 28.4. The molecular formula is C12H30OSi2. The molecule has 0 rings (SSSR count). The molecular weight excluding hydrogens is 216 g/mol. The van der Waals surface area contributed by atoms with Crippen LogP contribution in [0.5, 0.6) is 0 Å². The van der Waals surface area contributed by atoms with Crippen LogP contribution in [0.2, 0.25) is 24.2 Å². The van der Waals surface area contributed by atoms with Crippen LogP contribution in [0.4, 0.5) is 0 Å². The van der Waals surface area contributed by atoms with E-state index in [1.165, 1.54) is 49.9 Å². The second-order valence-electron chi connectivity index (χ2n) is 4.48. The van der Waals surface area contributed by atoms with Crippen LogP contribution in [0.1, 0.15) is 53.4 Å². The molecule has 0 fully saturated rings. The molecule has 0 heterocycles. The topological polar surface area (TPSA) is 9.23 Å². The van der Waals surface area contributed by atoms with Crippen molar-refractivity contribution in [3.05, 3.63) is 0 Å². The lowest BCUT2D eigenvalue weighted by atomic mass is 10.4. The third-order valence-electron chi connectivity index (χ3n) is 3.05. The summed E-state index contributed by atoms with van der Waals surface area (Å²) in [5.41, 5.74) is 0. The van der Waals surface area contributed by atoms with Crippen LogP contribution < -0.4 is 0 Å².